The molecule has 1 fully saturated rings. The van der Waals surface area contributed by atoms with Crippen LogP contribution in [0.5, 0.6) is 0 Å². The molecule has 1 heterocycles. The molecule has 7 heteroatoms. The van der Waals surface area contributed by atoms with Gasteiger partial charge in [-0.3, -0.25) is 9.08 Å². The largest absolute Gasteiger partial charge is 0.726 e. The summed E-state index contributed by atoms with van der Waals surface area (Å²) in [7, 11) is -4.42. The van der Waals surface area contributed by atoms with E-state index in [-0.39, 0.29) is 6.61 Å². The summed E-state index contributed by atoms with van der Waals surface area (Å²) in [6, 6.07) is 0. The summed E-state index contributed by atoms with van der Waals surface area (Å²) in [6.07, 6.45) is 20.5. The van der Waals surface area contributed by atoms with Crippen LogP contribution in [0.1, 0.15) is 118 Å². The van der Waals surface area contributed by atoms with E-state index < -0.39 is 10.4 Å². The summed E-state index contributed by atoms with van der Waals surface area (Å²) in [5, 5.41) is 0. The van der Waals surface area contributed by atoms with Gasteiger partial charge in [0.15, 0.2) is 0 Å². The van der Waals surface area contributed by atoms with Crippen LogP contribution >= 0.6 is 0 Å². The first-order valence-corrected chi connectivity index (χ1v) is 14.8. The van der Waals surface area contributed by atoms with E-state index in [2.05, 4.69) is 29.9 Å². The number of nitrogens with zero attached hydrogens (tertiary/aromatic N) is 1. The molecule has 1 N–H and O–H groups in total. The maximum atomic E-state index is 9.45. The molecule has 32 heavy (non-hydrogen) atoms. The minimum Gasteiger partial charge on any atom is -0.726 e. The van der Waals surface area contributed by atoms with Crippen LogP contribution in [-0.2, 0) is 14.6 Å². The molecular weight excluding hydrogens is 424 g/mol. The standard InChI is InChI=1S/C23H48N2.C2H6O4S/c1-4-24-20-21-25(22-24)19-17-15-13-11-9-7-5-6-8-10-12-14-16-18-23(2)3;1-2-6-7(3,4)5/h23H,4-22H2,1-3H3;2H2,1H3,(H,3,4,5). The molecular formula is C25H54N2O4S. The fraction of sp³-hybridized carbons (Fsp3) is 1.00. The fourth-order valence-corrected chi connectivity index (χ4v) is 4.54. The van der Waals surface area contributed by atoms with Gasteiger partial charge < -0.3 is 9.45 Å². The SMILES string of the molecule is CCOS(=O)(=O)[O-].CC[NH+]1CCN(CCCCCCCCCCCCCCCC(C)C)C1. The molecule has 1 saturated heterocycles. The Hall–Kier alpha value is -0.210. The molecule has 0 aromatic rings. The van der Waals surface area contributed by atoms with E-state index in [1.807, 2.05) is 0 Å². The quantitative estimate of drug-likeness (QED) is 0.164. The molecule has 0 bridgehead atoms. The highest BCUT2D eigenvalue weighted by Gasteiger charge is 2.20. The Morgan fingerprint density at radius 1 is 0.844 bits per heavy atom. The highest BCUT2D eigenvalue weighted by atomic mass is 32.3. The minimum atomic E-state index is -4.42. The van der Waals surface area contributed by atoms with Crippen molar-refractivity contribution < 1.29 is 22.1 Å². The van der Waals surface area contributed by atoms with E-state index in [4.69, 9.17) is 0 Å². The first kappa shape index (κ1) is 31.8. The lowest BCUT2D eigenvalue weighted by atomic mass is 10.0. The van der Waals surface area contributed by atoms with Gasteiger partial charge in [-0.2, -0.15) is 0 Å². The van der Waals surface area contributed by atoms with Crippen LogP contribution in [0.15, 0.2) is 0 Å². The van der Waals surface area contributed by atoms with Crippen molar-refractivity contribution in [1.29, 1.82) is 0 Å². The second-order valence-electron chi connectivity index (χ2n) is 9.72. The Morgan fingerprint density at radius 3 is 1.66 bits per heavy atom. The zero-order valence-electron chi connectivity index (χ0n) is 21.7. The Bertz CT molecular complexity index is 500. The topological polar surface area (TPSA) is 74.1 Å². The van der Waals surface area contributed by atoms with Crippen molar-refractivity contribution in [2.45, 2.75) is 118 Å². The second kappa shape index (κ2) is 21.3. The number of nitrogens with one attached hydrogen (secondary N) is 1. The monoisotopic (exact) mass is 478 g/mol. The number of rotatable bonds is 19. The predicted molar refractivity (Wildman–Crippen MR) is 134 cm³/mol. The molecule has 0 radical (unpaired) electrons. The highest BCUT2D eigenvalue weighted by molar-refractivity contribution is 7.80. The first-order chi connectivity index (χ1) is 15.3. The fourth-order valence-electron chi connectivity index (χ4n) is 4.25. The molecule has 1 atom stereocenters. The van der Waals surface area contributed by atoms with Gasteiger partial charge in [0.1, 0.15) is 6.67 Å². The average molecular weight is 479 g/mol. The lowest BCUT2D eigenvalue weighted by Gasteiger charge is -2.13. The van der Waals surface area contributed by atoms with E-state index in [9.17, 15) is 13.0 Å². The number of quaternary nitrogens is 1. The van der Waals surface area contributed by atoms with Gasteiger partial charge >= 0.3 is 0 Å². The summed E-state index contributed by atoms with van der Waals surface area (Å²) in [4.78, 5) is 4.44. The normalized spacial score (nSPS) is 17.0. The van der Waals surface area contributed by atoms with Gasteiger partial charge in [0.05, 0.1) is 26.2 Å². The molecule has 1 aliphatic rings. The summed E-state index contributed by atoms with van der Waals surface area (Å²) < 4.78 is 32.0. The Morgan fingerprint density at radius 2 is 1.31 bits per heavy atom. The van der Waals surface area contributed by atoms with E-state index in [0.29, 0.717) is 0 Å². The molecule has 6 nitrogen and oxygen atoms in total. The molecule has 0 aliphatic carbocycles. The van der Waals surface area contributed by atoms with Gasteiger partial charge in [-0.1, -0.05) is 97.3 Å². The van der Waals surface area contributed by atoms with Crippen LogP contribution in [0.2, 0.25) is 0 Å². The molecule has 0 amide bonds. The third kappa shape index (κ3) is 23.0. The van der Waals surface area contributed by atoms with E-state index in [1.165, 1.54) is 130 Å². The van der Waals surface area contributed by atoms with Crippen molar-refractivity contribution in [3.05, 3.63) is 0 Å². The number of unbranched alkanes of at least 4 members (excludes halogenated alkanes) is 12. The molecule has 0 spiro atoms. The van der Waals surface area contributed by atoms with Gasteiger partial charge in [0, 0.05) is 6.54 Å². The lowest BCUT2D eigenvalue weighted by molar-refractivity contribution is -0.889. The minimum absolute atomic E-state index is 0.0914. The van der Waals surface area contributed by atoms with Crippen molar-refractivity contribution >= 4 is 10.4 Å². The summed E-state index contributed by atoms with van der Waals surface area (Å²) >= 11 is 0. The Kier molecular flexibility index (Phi) is 21.2. The van der Waals surface area contributed by atoms with Crippen molar-refractivity contribution in [2.75, 3.05) is 39.5 Å². The van der Waals surface area contributed by atoms with Gasteiger partial charge in [0.2, 0.25) is 10.4 Å². The van der Waals surface area contributed by atoms with Gasteiger partial charge in [-0.05, 0) is 26.2 Å². The van der Waals surface area contributed by atoms with Crippen molar-refractivity contribution in [3.8, 4) is 0 Å². The summed E-state index contributed by atoms with van der Waals surface area (Å²) in [5.74, 6) is 0.896. The second-order valence-corrected chi connectivity index (χ2v) is 10.8. The smallest absolute Gasteiger partial charge is 0.217 e. The summed E-state index contributed by atoms with van der Waals surface area (Å²) in [5.41, 5.74) is 0. The molecule has 1 unspecified atom stereocenters. The number of hydrogen-bond acceptors (Lipinski definition) is 5. The number of likely N-dealkylation sites (N-methyl/N-ethyl adjacent to an activating group) is 1. The number of hydrogen-bond donors (Lipinski definition) is 1. The zero-order valence-corrected chi connectivity index (χ0v) is 22.5. The third-order valence-corrected chi connectivity index (χ3v) is 6.77. The molecule has 0 saturated carbocycles. The van der Waals surface area contributed by atoms with Crippen molar-refractivity contribution in [1.82, 2.24) is 4.90 Å². The van der Waals surface area contributed by atoms with Crippen LogP contribution in [0.25, 0.3) is 0 Å². The van der Waals surface area contributed by atoms with Crippen molar-refractivity contribution in [3.63, 3.8) is 0 Å². The van der Waals surface area contributed by atoms with Gasteiger partial charge in [0.25, 0.3) is 0 Å². The first-order valence-electron chi connectivity index (χ1n) is 13.4. The van der Waals surface area contributed by atoms with Crippen molar-refractivity contribution in [2.24, 2.45) is 5.92 Å². The highest BCUT2D eigenvalue weighted by Crippen LogP contribution is 2.14. The van der Waals surface area contributed by atoms with Crippen LogP contribution in [0.4, 0.5) is 0 Å². The molecule has 194 valence electrons. The van der Waals surface area contributed by atoms with Crippen LogP contribution in [0, 0.1) is 5.92 Å². The van der Waals surface area contributed by atoms with E-state index >= 15 is 0 Å². The third-order valence-electron chi connectivity index (χ3n) is 6.25. The van der Waals surface area contributed by atoms with Crippen LogP contribution in [-0.4, -0.2) is 57.3 Å². The Balaban J connectivity index is 0.00000118. The lowest BCUT2D eigenvalue weighted by Crippen LogP contribution is -3.10. The molecule has 1 aliphatic heterocycles. The molecule has 0 aromatic heterocycles. The van der Waals surface area contributed by atoms with Gasteiger partial charge in [-0.15, -0.1) is 0 Å². The maximum absolute atomic E-state index is 9.45. The Labute approximate surface area is 200 Å². The van der Waals surface area contributed by atoms with E-state index in [1.54, 1.807) is 4.90 Å². The van der Waals surface area contributed by atoms with Crippen LogP contribution < -0.4 is 4.90 Å². The van der Waals surface area contributed by atoms with Gasteiger partial charge in [-0.25, -0.2) is 8.42 Å². The zero-order chi connectivity index (χ0) is 24.1. The average Bonchev–Trinajstić information content (AvgIpc) is 3.18. The maximum Gasteiger partial charge on any atom is 0.217 e. The summed E-state index contributed by atoms with van der Waals surface area (Å²) in [6.45, 7) is 15.0. The molecule has 1 rings (SSSR count). The molecule has 0 aromatic carbocycles. The van der Waals surface area contributed by atoms with E-state index in [0.717, 1.165) is 5.92 Å². The predicted octanol–water partition coefficient (Wildman–Crippen LogP) is 4.76. The van der Waals surface area contributed by atoms with Crippen LogP contribution in [0.3, 0.4) is 0 Å².